The molecule has 3 nitrogen and oxygen atoms in total. The number of rotatable bonds is 9. The smallest absolute Gasteiger partial charge is 0.146 e. The molecule has 0 heterocycles. The SMILES string of the molecule is CCCCCCCCC([NH3+])(C(C)O)C(C)O.[Br-]. The lowest BCUT2D eigenvalue weighted by molar-refractivity contribution is -0.514. The number of quaternary nitrogens is 1. The van der Waals surface area contributed by atoms with Gasteiger partial charge in [-0.2, -0.15) is 0 Å². The molecule has 2 atom stereocenters. The zero-order valence-electron chi connectivity index (χ0n) is 11.6. The van der Waals surface area contributed by atoms with Crippen molar-refractivity contribution in [1.82, 2.24) is 0 Å². The Balaban J connectivity index is 0. The van der Waals surface area contributed by atoms with Crippen molar-refractivity contribution < 1.29 is 32.9 Å². The van der Waals surface area contributed by atoms with E-state index in [4.69, 9.17) is 0 Å². The third-order valence-corrected chi connectivity index (χ3v) is 3.66. The molecular weight excluding hydrogens is 282 g/mol. The van der Waals surface area contributed by atoms with Crippen molar-refractivity contribution >= 4 is 0 Å². The summed E-state index contributed by atoms with van der Waals surface area (Å²) >= 11 is 0. The first kappa shape index (κ1) is 19.7. The minimum atomic E-state index is -0.593. The summed E-state index contributed by atoms with van der Waals surface area (Å²) in [5.41, 5.74) is 3.41. The average molecular weight is 312 g/mol. The van der Waals surface area contributed by atoms with Crippen LogP contribution in [0.3, 0.4) is 0 Å². The molecule has 0 bridgehead atoms. The van der Waals surface area contributed by atoms with E-state index in [1.54, 1.807) is 13.8 Å². The lowest BCUT2D eigenvalue weighted by Crippen LogP contribution is -3.00. The van der Waals surface area contributed by atoms with Crippen LogP contribution in [0.4, 0.5) is 0 Å². The molecule has 0 aliphatic rings. The van der Waals surface area contributed by atoms with Crippen LogP contribution < -0.4 is 22.7 Å². The summed E-state index contributed by atoms with van der Waals surface area (Å²) in [5.74, 6) is 0. The van der Waals surface area contributed by atoms with Gasteiger partial charge >= 0.3 is 0 Å². The molecule has 17 heavy (non-hydrogen) atoms. The normalized spacial score (nSPS) is 18.0. The monoisotopic (exact) mass is 311 g/mol. The molecule has 2 unspecified atom stereocenters. The Morgan fingerprint density at radius 1 is 0.941 bits per heavy atom. The molecule has 0 aromatic carbocycles. The number of aliphatic hydroxyl groups is 2. The predicted octanol–water partition coefficient (Wildman–Crippen LogP) is -1.52. The van der Waals surface area contributed by atoms with Crippen molar-refractivity contribution in [3.05, 3.63) is 0 Å². The van der Waals surface area contributed by atoms with Gasteiger partial charge in [-0.3, -0.25) is 0 Å². The van der Waals surface area contributed by atoms with Crippen LogP contribution in [0.5, 0.6) is 0 Å². The minimum Gasteiger partial charge on any atom is -1.00 e. The summed E-state index contributed by atoms with van der Waals surface area (Å²) in [6.07, 6.45) is 7.04. The van der Waals surface area contributed by atoms with Crippen molar-refractivity contribution in [2.45, 2.75) is 83.5 Å². The predicted molar refractivity (Wildman–Crippen MR) is 67.0 cm³/mol. The van der Waals surface area contributed by atoms with E-state index in [0.717, 1.165) is 12.8 Å². The standard InChI is InChI=1S/C13H29NO2.BrH/c1-4-5-6-7-8-9-10-13(14,11(2)15)12(3)16;/h11-12,15-16H,4-10,14H2,1-3H3;1H. The van der Waals surface area contributed by atoms with Gasteiger partial charge in [0.15, 0.2) is 0 Å². The van der Waals surface area contributed by atoms with E-state index in [1.807, 2.05) is 0 Å². The van der Waals surface area contributed by atoms with Crippen LogP contribution in [-0.2, 0) is 0 Å². The molecule has 4 heteroatoms. The molecule has 0 saturated carbocycles. The average Bonchev–Trinajstić information content (AvgIpc) is 2.22. The summed E-state index contributed by atoms with van der Waals surface area (Å²) in [5, 5.41) is 19.3. The van der Waals surface area contributed by atoms with E-state index in [9.17, 15) is 10.2 Å². The van der Waals surface area contributed by atoms with Gasteiger partial charge in [0.2, 0.25) is 0 Å². The van der Waals surface area contributed by atoms with Gasteiger partial charge in [-0.15, -0.1) is 0 Å². The molecule has 0 aliphatic carbocycles. The maximum absolute atomic E-state index is 9.66. The van der Waals surface area contributed by atoms with Gasteiger partial charge in [-0.1, -0.05) is 39.0 Å². The molecule has 0 aromatic heterocycles. The molecule has 5 N–H and O–H groups in total. The van der Waals surface area contributed by atoms with Crippen LogP contribution in [0.2, 0.25) is 0 Å². The van der Waals surface area contributed by atoms with Gasteiger partial charge in [0, 0.05) is 6.42 Å². The highest BCUT2D eigenvalue weighted by atomic mass is 79.9. The van der Waals surface area contributed by atoms with E-state index >= 15 is 0 Å². The molecule has 0 aromatic rings. The van der Waals surface area contributed by atoms with Crippen LogP contribution in [0.1, 0.15) is 65.7 Å². The lowest BCUT2D eigenvalue weighted by Gasteiger charge is -2.31. The summed E-state index contributed by atoms with van der Waals surface area (Å²) in [7, 11) is 0. The topological polar surface area (TPSA) is 68.1 Å². The summed E-state index contributed by atoms with van der Waals surface area (Å²) in [6, 6.07) is 0. The first-order chi connectivity index (χ1) is 7.45. The van der Waals surface area contributed by atoms with Gasteiger partial charge in [0.25, 0.3) is 0 Å². The Morgan fingerprint density at radius 3 is 1.76 bits per heavy atom. The molecule has 0 aliphatic heterocycles. The van der Waals surface area contributed by atoms with Gasteiger partial charge in [0.1, 0.15) is 17.7 Å². The Kier molecular flexibility index (Phi) is 11.9. The summed E-state index contributed by atoms with van der Waals surface area (Å²) in [6.45, 7) is 5.65. The first-order valence-corrected chi connectivity index (χ1v) is 6.66. The van der Waals surface area contributed by atoms with E-state index < -0.39 is 17.7 Å². The summed E-state index contributed by atoms with van der Waals surface area (Å²) in [4.78, 5) is 0. The number of hydrogen-bond donors (Lipinski definition) is 3. The molecule has 0 fully saturated rings. The van der Waals surface area contributed by atoms with Crippen molar-refractivity contribution in [3.8, 4) is 0 Å². The quantitative estimate of drug-likeness (QED) is 0.453. The maximum atomic E-state index is 9.66. The zero-order chi connectivity index (χ0) is 12.6. The van der Waals surface area contributed by atoms with Gasteiger partial charge in [-0.25, -0.2) is 0 Å². The van der Waals surface area contributed by atoms with Gasteiger partial charge in [-0.05, 0) is 20.3 Å². The van der Waals surface area contributed by atoms with Crippen molar-refractivity contribution in [3.63, 3.8) is 0 Å². The van der Waals surface area contributed by atoms with Crippen LogP contribution >= 0.6 is 0 Å². The summed E-state index contributed by atoms with van der Waals surface area (Å²) < 4.78 is 0. The molecule has 0 spiro atoms. The number of hydrogen-bond acceptors (Lipinski definition) is 2. The van der Waals surface area contributed by atoms with E-state index in [0.29, 0.717) is 0 Å². The highest BCUT2D eigenvalue weighted by Crippen LogP contribution is 2.19. The van der Waals surface area contributed by atoms with E-state index in [2.05, 4.69) is 12.7 Å². The molecule has 0 amide bonds. The van der Waals surface area contributed by atoms with Crippen molar-refractivity contribution in [2.24, 2.45) is 0 Å². The highest BCUT2D eigenvalue weighted by Gasteiger charge is 2.39. The number of aliphatic hydroxyl groups excluding tert-OH is 2. The Morgan fingerprint density at radius 2 is 1.35 bits per heavy atom. The number of halogens is 1. The lowest BCUT2D eigenvalue weighted by atomic mass is 9.83. The van der Waals surface area contributed by atoms with Gasteiger partial charge in [0.05, 0.1) is 0 Å². The second-order valence-corrected chi connectivity index (χ2v) is 5.10. The fraction of sp³-hybridized carbons (Fsp3) is 1.00. The molecule has 0 radical (unpaired) electrons. The maximum Gasteiger partial charge on any atom is 0.146 e. The Labute approximate surface area is 117 Å². The molecule has 106 valence electrons. The zero-order valence-corrected chi connectivity index (χ0v) is 13.2. The van der Waals surface area contributed by atoms with E-state index in [-0.39, 0.29) is 17.0 Å². The second kappa shape index (κ2) is 10.3. The third-order valence-electron chi connectivity index (χ3n) is 3.66. The highest BCUT2D eigenvalue weighted by molar-refractivity contribution is 4.87. The minimum absolute atomic E-state index is 0. The van der Waals surface area contributed by atoms with Crippen LogP contribution in [-0.4, -0.2) is 28.0 Å². The van der Waals surface area contributed by atoms with Crippen LogP contribution in [0, 0.1) is 0 Å². The molecule has 0 rings (SSSR count). The van der Waals surface area contributed by atoms with Crippen LogP contribution in [0.15, 0.2) is 0 Å². The second-order valence-electron chi connectivity index (χ2n) is 5.10. The molecular formula is C13H30BrNO2. The third kappa shape index (κ3) is 7.39. The van der Waals surface area contributed by atoms with E-state index in [1.165, 1.54) is 32.1 Å². The number of unbranched alkanes of at least 4 members (excludes halogenated alkanes) is 5. The van der Waals surface area contributed by atoms with Gasteiger partial charge < -0.3 is 32.9 Å². The fourth-order valence-electron chi connectivity index (χ4n) is 2.00. The Hall–Kier alpha value is 0.360. The van der Waals surface area contributed by atoms with Crippen molar-refractivity contribution in [2.75, 3.05) is 0 Å². The first-order valence-electron chi connectivity index (χ1n) is 6.66. The molecule has 0 saturated heterocycles. The Bertz CT molecular complexity index is 167. The van der Waals surface area contributed by atoms with Crippen LogP contribution in [0.25, 0.3) is 0 Å². The van der Waals surface area contributed by atoms with Crippen molar-refractivity contribution in [1.29, 1.82) is 0 Å². The largest absolute Gasteiger partial charge is 1.00 e. The fourth-order valence-corrected chi connectivity index (χ4v) is 2.00.